The fraction of sp³-hybridized carbons (Fsp3) is 0.429. The number of anilines is 1. The Morgan fingerprint density at radius 2 is 2.11 bits per heavy atom. The van der Waals surface area contributed by atoms with Crippen molar-refractivity contribution < 1.29 is 4.79 Å². The van der Waals surface area contributed by atoms with Crippen LogP contribution in [0.25, 0.3) is 10.9 Å². The standard InChI is InChI=1S/C21H24N4OS/c1-12(2)10-18-24-25-21(27-18)23-20(26)19-14-6-4-5-7-16(14)22-17-9-8-13(3)11-15(17)19/h4-7,12-13H,8-11H2,1-3H3,(H,23,25,26)/t13-/m0/s1. The summed E-state index contributed by atoms with van der Waals surface area (Å²) in [5.74, 6) is 0.969. The Kier molecular flexibility index (Phi) is 4.91. The van der Waals surface area contributed by atoms with Crippen molar-refractivity contribution in [2.45, 2.75) is 46.5 Å². The predicted molar refractivity (Wildman–Crippen MR) is 109 cm³/mol. The van der Waals surface area contributed by atoms with Gasteiger partial charge in [0.2, 0.25) is 5.13 Å². The Morgan fingerprint density at radius 3 is 2.93 bits per heavy atom. The van der Waals surface area contributed by atoms with Crippen molar-refractivity contribution in [3.63, 3.8) is 0 Å². The molecule has 0 aliphatic heterocycles. The number of nitrogens with zero attached hydrogens (tertiary/aromatic N) is 3. The van der Waals surface area contributed by atoms with Crippen molar-refractivity contribution in [2.24, 2.45) is 11.8 Å². The van der Waals surface area contributed by atoms with E-state index in [2.05, 4.69) is 36.3 Å². The van der Waals surface area contributed by atoms with Gasteiger partial charge in [0.05, 0.1) is 11.1 Å². The molecule has 27 heavy (non-hydrogen) atoms. The third kappa shape index (κ3) is 3.72. The van der Waals surface area contributed by atoms with Crippen molar-refractivity contribution in [3.05, 3.63) is 46.1 Å². The molecule has 1 atom stereocenters. The first-order valence-corrected chi connectivity index (χ1v) is 10.4. The minimum absolute atomic E-state index is 0.105. The highest BCUT2D eigenvalue weighted by molar-refractivity contribution is 7.15. The maximum Gasteiger partial charge on any atom is 0.258 e. The molecule has 3 aromatic rings. The first-order chi connectivity index (χ1) is 13.0. The number of aromatic nitrogens is 3. The highest BCUT2D eigenvalue weighted by Crippen LogP contribution is 2.32. The molecule has 1 aromatic carbocycles. The number of hydrogen-bond donors (Lipinski definition) is 1. The maximum atomic E-state index is 13.2. The lowest BCUT2D eigenvalue weighted by Crippen LogP contribution is -2.21. The zero-order chi connectivity index (χ0) is 19.0. The monoisotopic (exact) mass is 380 g/mol. The van der Waals surface area contributed by atoms with E-state index in [1.165, 1.54) is 11.3 Å². The highest BCUT2D eigenvalue weighted by atomic mass is 32.1. The molecule has 1 N–H and O–H groups in total. The summed E-state index contributed by atoms with van der Waals surface area (Å²) < 4.78 is 0. The molecule has 0 saturated heterocycles. The fourth-order valence-electron chi connectivity index (χ4n) is 3.72. The number of fused-ring (bicyclic) bond motifs is 2. The van der Waals surface area contributed by atoms with E-state index in [0.29, 0.717) is 17.0 Å². The van der Waals surface area contributed by atoms with Crippen molar-refractivity contribution in [2.75, 3.05) is 5.32 Å². The van der Waals surface area contributed by atoms with Crippen LogP contribution >= 0.6 is 11.3 Å². The van der Waals surface area contributed by atoms with Crippen LogP contribution in [0.4, 0.5) is 5.13 Å². The number of hydrogen-bond acceptors (Lipinski definition) is 5. The smallest absolute Gasteiger partial charge is 0.258 e. The number of para-hydroxylation sites is 1. The molecule has 0 fully saturated rings. The number of benzene rings is 1. The maximum absolute atomic E-state index is 13.2. The molecule has 0 saturated carbocycles. The van der Waals surface area contributed by atoms with Crippen LogP contribution in [-0.2, 0) is 19.3 Å². The van der Waals surface area contributed by atoms with Crippen molar-refractivity contribution in [1.29, 1.82) is 0 Å². The number of rotatable bonds is 4. The summed E-state index contributed by atoms with van der Waals surface area (Å²) in [6.45, 7) is 6.54. The van der Waals surface area contributed by atoms with E-state index in [1.807, 2.05) is 24.3 Å². The van der Waals surface area contributed by atoms with Gasteiger partial charge in [0.1, 0.15) is 5.01 Å². The lowest BCUT2D eigenvalue weighted by molar-refractivity contribution is 0.102. The van der Waals surface area contributed by atoms with Crippen LogP contribution in [0, 0.1) is 11.8 Å². The number of aryl methyl sites for hydroxylation is 1. The van der Waals surface area contributed by atoms with Crippen LogP contribution in [0.5, 0.6) is 0 Å². The van der Waals surface area contributed by atoms with Crippen molar-refractivity contribution in [1.82, 2.24) is 15.2 Å². The Morgan fingerprint density at radius 1 is 1.30 bits per heavy atom. The van der Waals surface area contributed by atoms with Crippen molar-refractivity contribution >= 4 is 33.3 Å². The van der Waals surface area contributed by atoms with Gasteiger partial charge < -0.3 is 0 Å². The summed E-state index contributed by atoms with van der Waals surface area (Å²) in [7, 11) is 0. The van der Waals surface area contributed by atoms with Crippen LogP contribution in [-0.4, -0.2) is 21.1 Å². The first kappa shape index (κ1) is 18.0. The predicted octanol–water partition coefficient (Wildman–Crippen LogP) is 4.66. The SMILES string of the molecule is CC(C)Cc1nnc(NC(=O)c2c3c(nc4ccccc24)CC[C@H](C)C3)s1. The van der Waals surface area contributed by atoms with E-state index in [4.69, 9.17) is 4.98 Å². The third-order valence-corrected chi connectivity index (χ3v) is 5.86. The third-order valence-electron chi connectivity index (χ3n) is 5.00. The van der Waals surface area contributed by atoms with E-state index >= 15 is 0 Å². The van der Waals surface area contributed by atoms with Gasteiger partial charge in [-0.05, 0) is 42.7 Å². The molecule has 1 amide bonds. The molecule has 4 rings (SSSR count). The molecule has 5 nitrogen and oxygen atoms in total. The van der Waals surface area contributed by atoms with Gasteiger partial charge in [0.25, 0.3) is 5.91 Å². The van der Waals surface area contributed by atoms with Gasteiger partial charge in [-0.1, -0.05) is 50.3 Å². The molecule has 2 aromatic heterocycles. The van der Waals surface area contributed by atoms with Crippen LogP contribution in [0.1, 0.15) is 53.8 Å². The van der Waals surface area contributed by atoms with E-state index < -0.39 is 0 Å². The van der Waals surface area contributed by atoms with Crippen LogP contribution in [0.15, 0.2) is 24.3 Å². The zero-order valence-electron chi connectivity index (χ0n) is 16.0. The van der Waals surface area contributed by atoms with Gasteiger partial charge in [-0.2, -0.15) is 0 Å². The molecule has 0 radical (unpaired) electrons. The molecule has 2 heterocycles. The molecule has 1 aliphatic carbocycles. The lowest BCUT2D eigenvalue weighted by atomic mass is 9.84. The Bertz CT molecular complexity index is 995. The number of nitrogens with one attached hydrogen (secondary N) is 1. The number of carbonyl (C=O) groups is 1. The number of amides is 1. The van der Waals surface area contributed by atoms with Gasteiger partial charge in [-0.15, -0.1) is 10.2 Å². The zero-order valence-corrected chi connectivity index (χ0v) is 16.8. The second kappa shape index (κ2) is 7.35. The summed E-state index contributed by atoms with van der Waals surface area (Å²) in [6.07, 6.45) is 3.82. The first-order valence-electron chi connectivity index (χ1n) is 9.55. The largest absolute Gasteiger partial charge is 0.296 e. The molecule has 0 bridgehead atoms. The molecule has 6 heteroatoms. The van der Waals surface area contributed by atoms with Gasteiger partial charge in [0, 0.05) is 17.5 Å². The topological polar surface area (TPSA) is 67.8 Å². The summed E-state index contributed by atoms with van der Waals surface area (Å²) >= 11 is 1.46. The second-order valence-electron chi connectivity index (χ2n) is 7.83. The van der Waals surface area contributed by atoms with Crippen LogP contribution < -0.4 is 5.32 Å². The number of carbonyl (C=O) groups excluding carboxylic acids is 1. The average molecular weight is 381 g/mol. The molecule has 0 unspecified atom stereocenters. The van der Waals surface area contributed by atoms with Gasteiger partial charge >= 0.3 is 0 Å². The summed E-state index contributed by atoms with van der Waals surface area (Å²) in [4.78, 5) is 18.1. The second-order valence-corrected chi connectivity index (χ2v) is 8.89. The summed E-state index contributed by atoms with van der Waals surface area (Å²) in [6, 6.07) is 7.90. The van der Waals surface area contributed by atoms with E-state index in [1.54, 1.807) is 0 Å². The Hall–Kier alpha value is -2.34. The van der Waals surface area contributed by atoms with Gasteiger partial charge in [-0.3, -0.25) is 15.1 Å². The average Bonchev–Trinajstić information content (AvgIpc) is 3.05. The van der Waals surface area contributed by atoms with E-state index in [0.717, 1.165) is 58.4 Å². The normalized spacial score (nSPS) is 16.5. The molecule has 0 spiro atoms. The summed E-state index contributed by atoms with van der Waals surface area (Å²) in [5.41, 5.74) is 3.79. The molecular formula is C21H24N4OS. The van der Waals surface area contributed by atoms with Gasteiger partial charge in [0.15, 0.2) is 0 Å². The quantitative estimate of drug-likeness (QED) is 0.715. The Labute approximate surface area is 163 Å². The fourth-order valence-corrected chi connectivity index (χ4v) is 4.66. The highest BCUT2D eigenvalue weighted by Gasteiger charge is 2.25. The van der Waals surface area contributed by atoms with E-state index in [-0.39, 0.29) is 5.91 Å². The van der Waals surface area contributed by atoms with E-state index in [9.17, 15) is 4.79 Å². The minimum Gasteiger partial charge on any atom is -0.296 e. The molecular weight excluding hydrogens is 356 g/mol. The minimum atomic E-state index is -0.105. The van der Waals surface area contributed by atoms with Crippen LogP contribution in [0.3, 0.4) is 0 Å². The Balaban J connectivity index is 1.72. The number of pyridine rings is 1. The summed E-state index contributed by atoms with van der Waals surface area (Å²) in [5, 5.41) is 13.8. The lowest BCUT2D eigenvalue weighted by Gasteiger charge is -2.24. The van der Waals surface area contributed by atoms with Crippen LogP contribution in [0.2, 0.25) is 0 Å². The van der Waals surface area contributed by atoms with Gasteiger partial charge in [-0.25, -0.2) is 0 Å². The molecule has 140 valence electrons. The van der Waals surface area contributed by atoms with Crippen molar-refractivity contribution in [3.8, 4) is 0 Å². The molecule has 1 aliphatic rings.